The Hall–Kier alpha value is -1.48. The number of allylic oxidation sites excluding steroid dienone is 1. The normalized spacial score (nSPS) is 45.1. The van der Waals surface area contributed by atoms with Crippen LogP contribution in [0.15, 0.2) is 24.3 Å². The van der Waals surface area contributed by atoms with E-state index in [4.69, 9.17) is 4.74 Å². The smallest absolute Gasteiger partial charge is 0.165 e. The van der Waals surface area contributed by atoms with E-state index in [-0.39, 0.29) is 17.3 Å². The number of hydrogen-bond acceptors (Lipinski definition) is 3. The number of aromatic hydroxyl groups is 1. The maximum Gasteiger partial charge on any atom is 0.165 e. The van der Waals surface area contributed by atoms with Gasteiger partial charge in [0.15, 0.2) is 11.5 Å². The molecular weight excluding hydrogens is 264 g/mol. The lowest BCUT2D eigenvalue weighted by Gasteiger charge is -2.55. The van der Waals surface area contributed by atoms with Gasteiger partial charge in [0.05, 0.1) is 0 Å². The van der Waals surface area contributed by atoms with E-state index in [0.29, 0.717) is 23.5 Å². The van der Waals surface area contributed by atoms with E-state index in [0.717, 1.165) is 12.8 Å². The van der Waals surface area contributed by atoms with Crippen molar-refractivity contribution in [3.8, 4) is 11.5 Å². The summed E-state index contributed by atoms with van der Waals surface area (Å²) in [5.41, 5.74) is 2.40. The third kappa shape index (κ3) is 1.21. The molecule has 6 atom stereocenters. The molecule has 0 saturated heterocycles. The molecule has 1 heterocycles. The molecule has 1 aromatic rings. The number of rotatable bonds is 0. The van der Waals surface area contributed by atoms with E-state index < -0.39 is 6.10 Å². The molecule has 1 fully saturated rings. The monoisotopic (exact) mass is 284 g/mol. The van der Waals surface area contributed by atoms with Crippen molar-refractivity contribution in [2.75, 3.05) is 0 Å². The molecule has 0 aromatic heterocycles. The summed E-state index contributed by atoms with van der Waals surface area (Å²) in [6.45, 7) is 2.35. The first-order valence-corrected chi connectivity index (χ1v) is 8.01. The molecule has 4 aliphatic rings. The Morgan fingerprint density at radius 1 is 1.29 bits per heavy atom. The number of ether oxygens (including phenoxy) is 1. The predicted octanol–water partition coefficient (Wildman–Crippen LogP) is 2.54. The largest absolute Gasteiger partial charge is 0.504 e. The number of aliphatic hydroxyl groups excluding tert-OH is 1. The van der Waals surface area contributed by atoms with Crippen LogP contribution in [0.4, 0.5) is 0 Å². The number of benzene rings is 1. The summed E-state index contributed by atoms with van der Waals surface area (Å²) in [4.78, 5) is 0. The Bertz CT molecular complexity index is 665. The minimum absolute atomic E-state index is 0.118. The molecule has 3 nitrogen and oxygen atoms in total. The van der Waals surface area contributed by atoms with Crippen LogP contribution in [0.5, 0.6) is 11.5 Å². The van der Waals surface area contributed by atoms with Crippen LogP contribution in [0.3, 0.4) is 0 Å². The highest BCUT2D eigenvalue weighted by atomic mass is 16.5. The Balaban J connectivity index is 1.84. The maximum absolute atomic E-state index is 10.5. The molecule has 6 unspecified atom stereocenters. The summed E-state index contributed by atoms with van der Waals surface area (Å²) in [6, 6.07) is 3.82. The van der Waals surface area contributed by atoms with Crippen molar-refractivity contribution in [3.05, 3.63) is 35.4 Å². The minimum atomic E-state index is -0.576. The summed E-state index contributed by atoms with van der Waals surface area (Å²) in [5, 5.41) is 20.7. The molecule has 1 aromatic carbocycles. The molecule has 110 valence electrons. The Morgan fingerprint density at radius 2 is 2.14 bits per heavy atom. The van der Waals surface area contributed by atoms with Crippen LogP contribution in [0.1, 0.15) is 30.9 Å². The molecule has 3 aliphatic carbocycles. The van der Waals surface area contributed by atoms with Crippen molar-refractivity contribution in [1.29, 1.82) is 0 Å². The fourth-order valence-electron chi connectivity index (χ4n) is 5.60. The summed E-state index contributed by atoms with van der Waals surface area (Å²) in [6.07, 6.45) is 6.62. The van der Waals surface area contributed by atoms with E-state index in [2.05, 4.69) is 19.1 Å². The van der Waals surface area contributed by atoms with Gasteiger partial charge in [-0.25, -0.2) is 0 Å². The molecule has 1 spiro atoms. The first kappa shape index (κ1) is 12.1. The van der Waals surface area contributed by atoms with E-state index in [1.54, 1.807) is 6.07 Å². The fourth-order valence-corrected chi connectivity index (χ4v) is 5.60. The topological polar surface area (TPSA) is 49.7 Å². The van der Waals surface area contributed by atoms with E-state index in [9.17, 15) is 10.2 Å². The summed E-state index contributed by atoms with van der Waals surface area (Å²) >= 11 is 0. The van der Waals surface area contributed by atoms with Gasteiger partial charge in [-0.2, -0.15) is 0 Å². The third-order valence-corrected chi connectivity index (χ3v) is 6.52. The zero-order valence-corrected chi connectivity index (χ0v) is 12.1. The van der Waals surface area contributed by atoms with Gasteiger partial charge in [0.1, 0.15) is 12.2 Å². The Kier molecular flexibility index (Phi) is 2.10. The van der Waals surface area contributed by atoms with Crippen LogP contribution < -0.4 is 4.74 Å². The molecule has 3 heteroatoms. The second-order valence-corrected chi connectivity index (χ2v) is 7.31. The van der Waals surface area contributed by atoms with Gasteiger partial charge in [0.2, 0.25) is 0 Å². The van der Waals surface area contributed by atoms with Crippen molar-refractivity contribution in [2.45, 2.75) is 43.8 Å². The standard InChI is InChI=1S/C18H20O3/c1-9-6-7-18-12-3-5-14(20)17(18)21-16-13(19)4-2-10(15(16)18)8-11(9)12/h2-5,9,11-12,14,17,19-20H,6-8H2,1H3. The molecule has 5 rings (SSSR count). The highest BCUT2D eigenvalue weighted by Gasteiger charge is 2.64. The average Bonchev–Trinajstić information content (AvgIpc) is 2.83. The molecule has 2 N–H and O–H groups in total. The van der Waals surface area contributed by atoms with Crippen LogP contribution in [0.2, 0.25) is 0 Å². The van der Waals surface area contributed by atoms with Gasteiger partial charge in [-0.3, -0.25) is 0 Å². The van der Waals surface area contributed by atoms with Crippen molar-refractivity contribution in [3.63, 3.8) is 0 Å². The minimum Gasteiger partial charge on any atom is -0.504 e. The van der Waals surface area contributed by atoms with Gasteiger partial charge in [-0.1, -0.05) is 25.1 Å². The highest BCUT2D eigenvalue weighted by Crippen LogP contribution is 2.65. The van der Waals surface area contributed by atoms with E-state index in [1.807, 2.05) is 6.08 Å². The van der Waals surface area contributed by atoms with Crippen molar-refractivity contribution in [1.82, 2.24) is 0 Å². The molecule has 0 radical (unpaired) electrons. The molecule has 0 amide bonds. The highest BCUT2D eigenvalue weighted by molar-refractivity contribution is 5.61. The Labute approximate surface area is 124 Å². The zero-order valence-electron chi connectivity index (χ0n) is 12.1. The molecular formula is C18H20O3. The lowest BCUT2D eigenvalue weighted by atomic mass is 9.48. The van der Waals surface area contributed by atoms with Crippen LogP contribution >= 0.6 is 0 Å². The van der Waals surface area contributed by atoms with Gasteiger partial charge in [0, 0.05) is 11.0 Å². The van der Waals surface area contributed by atoms with Crippen LogP contribution in [-0.2, 0) is 11.8 Å². The van der Waals surface area contributed by atoms with Crippen LogP contribution in [0.25, 0.3) is 0 Å². The van der Waals surface area contributed by atoms with E-state index >= 15 is 0 Å². The maximum atomic E-state index is 10.5. The van der Waals surface area contributed by atoms with Crippen molar-refractivity contribution < 1.29 is 14.9 Å². The summed E-state index contributed by atoms with van der Waals surface area (Å²) < 4.78 is 6.11. The molecule has 1 aliphatic heterocycles. The molecule has 21 heavy (non-hydrogen) atoms. The van der Waals surface area contributed by atoms with Gasteiger partial charge in [-0.15, -0.1) is 0 Å². The average molecular weight is 284 g/mol. The Morgan fingerprint density at radius 3 is 3.00 bits per heavy atom. The van der Waals surface area contributed by atoms with Crippen molar-refractivity contribution >= 4 is 0 Å². The van der Waals surface area contributed by atoms with Gasteiger partial charge >= 0.3 is 0 Å². The number of phenols is 1. The molecule has 2 bridgehead atoms. The third-order valence-electron chi connectivity index (χ3n) is 6.52. The number of hydrogen-bond donors (Lipinski definition) is 2. The van der Waals surface area contributed by atoms with Gasteiger partial charge in [0.25, 0.3) is 0 Å². The first-order valence-electron chi connectivity index (χ1n) is 8.01. The SMILES string of the molecule is CC1CCC23c4c5ccc(O)c4OC2C(O)C=CC3C1C5. The number of aliphatic hydroxyl groups is 1. The zero-order chi connectivity index (χ0) is 14.4. The lowest BCUT2D eigenvalue weighted by Crippen LogP contribution is -2.59. The quantitative estimate of drug-likeness (QED) is 0.720. The second-order valence-electron chi connectivity index (χ2n) is 7.31. The van der Waals surface area contributed by atoms with Crippen LogP contribution in [0, 0.1) is 17.8 Å². The van der Waals surface area contributed by atoms with E-state index in [1.165, 1.54) is 17.5 Å². The summed E-state index contributed by atoms with van der Waals surface area (Å²) in [7, 11) is 0. The first-order chi connectivity index (χ1) is 10.1. The predicted molar refractivity (Wildman–Crippen MR) is 78.4 cm³/mol. The fraction of sp³-hybridized carbons (Fsp3) is 0.556. The van der Waals surface area contributed by atoms with Crippen LogP contribution in [-0.4, -0.2) is 22.4 Å². The van der Waals surface area contributed by atoms with Gasteiger partial charge < -0.3 is 14.9 Å². The lowest BCUT2D eigenvalue weighted by molar-refractivity contribution is -0.0401. The summed E-state index contributed by atoms with van der Waals surface area (Å²) in [5.74, 6) is 2.62. The van der Waals surface area contributed by atoms with Crippen molar-refractivity contribution in [2.24, 2.45) is 17.8 Å². The number of phenolic OH excluding ortho intramolecular Hbond substituents is 1. The van der Waals surface area contributed by atoms with Gasteiger partial charge in [-0.05, 0) is 48.6 Å². The second kappa shape index (κ2) is 3.64. The molecule has 1 saturated carbocycles.